The van der Waals surface area contributed by atoms with Crippen LogP contribution in [-0.2, 0) is 49.6 Å². The molecule has 13 N–H and O–H groups in total. The highest BCUT2D eigenvalue weighted by Gasteiger charge is 2.16. The Hall–Kier alpha value is -6.20. The van der Waals surface area contributed by atoms with Crippen molar-refractivity contribution in [3.05, 3.63) is 113 Å². The first kappa shape index (κ1) is 64.4. The fraction of sp³-hybridized carbons (Fsp3) is 0.273. The number of benzene rings is 4. The average Bonchev–Trinajstić information content (AvgIpc) is 3.18. The van der Waals surface area contributed by atoms with Gasteiger partial charge in [0.05, 0.1) is 32.3 Å². The summed E-state index contributed by atoms with van der Waals surface area (Å²) in [4.78, 5) is 50.9. The minimum absolute atomic E-state index is 0. The molecule has 4 aromatic carbocycles. The number of esters is 1. The van der Waals surface area contributed by atoms with Gasteiger partial charge in [0.1, 0.15) is 0 Å². The minimum atomic E-state index is -0.999. The molecule has 16 nitrogen and oxygen atoms in total. The van der Waals surface area contributed by atoms with Crippen LogP contribution in [0.3, 0.4) is 0 Å². The van der Waals surface area contributed by atoms with E-state index in [9.17, 15) is 19.2 Å². The van der Waals surface area contributed by atoms with Gasteiger partial charge in [0.25, 0.3) is 0 Å². The van der Waals surface area contributed by atoms with E-state index in [1.165, 1.54) is 18.3 Å². The third-order valence-corrected chi connectivity index (χ3v) is 9.17. The summed E-state index contributed by atoms with van der Waals surface area (Å²) in [5.41, 5.74) is 28.3. The van der Waals surface area contributed by atoms with E-state index in [2.05, 4.69) is 9.98 Å². The van der Waals surface area contributed by atoms with E-state index < -0.39 is 17.9 Å². The normalized spacial score (nSPS) is 9.67. The van der Waals surface area contributed by atoms with Crippen molar-refractivity contribution in [3.63, 3.8) is 0 Å². The molecule has 0 aliphatic carbocycles. The third kappa shape index (κ3) is 20.3. The molecule has 0 fully saturated rings. The molecule has 20 heteroatoms. The number of rotatable bonds is 13. The number of carbonyl (C=O) groups excluding carboxylic acids is 1. The van der Waals surface area contributed by atoms with E-state index in [4.69, 9.17) is 100 Å². The molecule has 0 saturated heterocycles. The zero-order chi connectivity index (χ0) is 45.7. The maximum absolute atomic E-state index is 11.5. The molecule has 64 heavy (non-hydrogen) atoms. The van der Waals surface area contributed by atoms with Crippen molar-refractivity contribution < 1.29 is 39.2 Å². The van der Waals surface area contributed by atoms with E-state index in [0.29, 0.717) is 94.0 Å². The van der Waals surface area contributed by atoms with Crippen LogP contribution in [0.5, 0.6) is 0 Å². The summed E-state index contributed by atoms with van der Waals surface area (Å²) in [7, 11) is 3.22. The lowest BCUT2D eigenvalue weighted by atomic mass is 10.0. The molecule has 4 rings (SSSR count). The zero-order valence-corrected chi connectivity index (χ0v) is 35.6. The molecule has 352 valence electrons. The fourth-order valence-electron chi connectivity index (χ4n) is 5.06. The van der Waals surface area contributed by atoms with Crippen LogP contribution >= 0.6 is 46.4 Å². The summed E-state index contributed by atoms with van der Waals surface area (Å²) in [5.74, 6) is -3.28. The molecule has 0 aliphatic heterocycles. The second kappa shape index (κ2) is 32.5. The van der Waals surface area contributed by atoms with Crippen LogP contribution in [-0.4, -0.2) is 84.8 Å². The number of nitrogens with two attached hydrogens (primary N) is 4. The van der Waals surface area contributed by atoms with E-state index in [1.54, 1.807) is 63.6 Å². The molecular weight excluding hydrogens is 910 g/mol. The Labute approximate surface area is 395 Å². The largest absolute Gasteiger partial charge is 0.481 e. The van der Waals surface area contributed by atoms with Crippen LogP contribution in [0.1, 0.15) is 81.1 Å². The number of nitrogen functional groups attached to an aromatic ring is 4. The lowest BCUT2D eigenvalue weighted by molar-refractivity contribution is -0.142. The first-order valence-electron chi connectivity index (χ1n) is 17.2. The molecule has 0 aromatic heterocycles. The number of carboxylic acid groups (broad SMARTS) is 3. The van der Waals surface area contributed by atoms with Gasteiger partial charge >= 0.3 is 23.9 Å². The van der Waals surface area contributed by atoms with Crippen LogP contribution in [0, 0.1) is 10.8 Å². The van der Waals surface area contributed by atoms with Gasteiger partial charge in [-0.1, -0.05) is 76.1 Å². The average molecular weight is 971 g/mol. The van der Waals surface area contributed by atoms with Crippen LogP contribution in [0.15, 0.2) is 58.5 Å². The number of nitrogens with zero attached hydrogens (tertiary/aromatic N) is 2. The number of aliphatic imine (C=N–C) groups is 2. The topological polar surface area (TPSA) is 315 Å². The third-order valence-electron chi connectivity index (χ3n) is 7.75. The van der Waals surface area contributed by atoms with Crippen molar-refractivity contribution in [2.45, 2.75) is 62.3 Å². The van der Waals surface area contributed by atoms with Gasteiger partial charge in [-0.2, -0.15) is 0 Å². The Kier molecular flexibility index (Phi) is 32.7. The van der Waals surface area contributed by atoms with Gasteiger partial charge in [0.15, 0.2) is 0 Å². The van der Waals surface area contributed by atoms with Crippen molar-refractivity contribution in [1.29, 1.82) is 10.8 Å². The van der Waals surface area contributed by atoms with E-state index in [-0.39, 0.29) is 61.4 Å². The molecule has 0 saturated carbocycles. The number of aliphatic carboxylic acids is 3. The zero-order valence-electron chi connectivity index (χ0n) is 32.6. The number of ether oxygens (including phenoxy) is 1. The highest BCUT2D eigenvalue weighted by atomic mass is 35.5. The van der Waals surface area contributed by atoms with Crippen molar-refractivity contribution in [2.75, 3.05) is 43.6 Å². The van der Waals surface area contributed by atoms with Gasteiger partial charge in [-0.15, -0.1) is 0 Å². The van der Waals surface area contributed by atoms with Crippen molar-refractivity contribution in [3.8, 4) is 0 Å². The highest BCUT2D eigenvalue weighted by molar-refractivity contribution is 6.33. The number of carboxylic acids is 3. The second-order valence-electron chi connectivity index (χ2n) is 11.9. The summed E-state index contributed by atoms with van der Waals surface area (Å²) in [6.45, 7) is 2.10. The number of halogens is 4. The standard InChI is InChI=1S/C12H15ClN2O2.C10H11ClN2O2.2C9H9ClN2O2.4CH4/c1-3-17-12(16)6-8-9(7-15-2)11(14)5-4-10(8)13;1-13-5-7-6(4-10(14)15)8(11)2-3-9(7)12;2*10-7-1-2-8(12)6(4-11)5(7)3-9(13)14;;;;/h4-5,7H,3,6,14H2,1-2H3;2-3,5H,4,12H2,1H3,(H,14,15);2*1-2,4,11H,3,12H2,(H,13,14);4*1H4. The maximum Gasteiger partial charge on any atom is 0.310 e. The number of hydrogen-bond donors (Lipinski definition) is 9. The molecule has 0 bridgehead atoms. The van der Waals surface area contributed by atoms with Crippen molar-refractivity contribution in [1.82, 2.24) is 0 Å². The summed E-state index contributed by atoms with van der Waals surface area (Å²) in [5, 5.41) is 41.7. The van der Waals surface area contributed by atoms with Gasteiger partial charge in [-0.05, 0) is 77.7 Å². The molecule has 4 aromatic rings. The van der Waals surface area contributed by atoms with Gasteiger partial charge in [0.2, 0.25) is 0 Å². The Morgan fingerprint density at radius 2 is 0.781 bits per heavy atom. The van der Waals surface area contributed by atoms with Gasteiger partial charge in [0, 0.05) is 104 Å². The first-order chi connectivity index (χ1) is 28.3. The van der Waals surface area contributed by atoms with Crippen molar-refractivity contribution >= 4 is 118 Å². The molecular formula is C44H60Cl4N8O8. The molecule has 0 unspecified atom stereocenters. The van der Waals surface area contributed by atoms with Crippen LogP contribution < -0.4 is 22.9 Å². The Balaban J connectivity index is -0.000000368. The van der Waals surface area contributed by atoms with Crippen LogP contribution in [0.25, 0.3) is 0 Å². The van der Waals surface area contributed by atoms with Crippen molar-refractivity contribution in [2.24, 2.45) is 9.98 Å². The first-order valence-corrected chi connectivity index (χ1v) is 18.7. The smallest absolute Gasteiger partial charge is 0.310 e. The lowest BCUT2D eigenvalue weighted by Gasteiger charge is -2.10. The predicted octanol–water partition coefficient (Wildman–Crippen LogP) is 9.31. The van der Waals surface area contributed by atoms with Gasteiger partial charge in [-0.3, -0.25) is 29.2 Å². The summed E-state index contributed by atoms with van der Waals surface area (Å²) in [6, 6.07) is 12.7. The summed E-state index contributed by atoms with van der Waals surface area (Å²) < 4.78 is 4.89. The van der Waals surface area contributed by atoms with E-state index in [1.807, 2.05) is 0 Å². The number of nitrogens with one attached hydrogen (secondary N) is 2. The molecule has 0 amide bonds. The Morgan fingerprint density at radius 1 is 0.531 bits per heavy atom. The van der Waals surface area contributed by atoms with Crippen LogP contribution in [0.4, 0.5) is 22.7 Å². The molecule has 0 spiro atoms. The number of carbonyl (C=O) groups is 4. The minimum Gasteiger partial charge on any atom is -0.481 e. The molecule has 0 aliphatic rings. The van der Waals surface area contributed by atoms with Gasteiger partial charge in [-0.25, -0.2) is 0 Å². The molecule has 0 atom stereocenters. The quantitative estimate of drug-likeness (QED) is 0.0344. The summed E-state index contributed by atoms with van der Waals surface area (Å²) >= 11 is 23.6. The van der Waals surface area contributed by atoms with E-state index >= 15 is 0 Å². The Bertz CT molecular complexity index is 2200. The van der Waals surface area contributed by atoms with Crippen LogP contribution in [0.2, 0.25) is 20.1 Å². The maximum atomic E-state index is 11.5. The SMILES string of the molecule is C.C.C.C.CCOC(=O)Cc1c(Cl)ccc(N)c1C=NC.CN=Cc1c(N)ccc(Cl)c1CC(=O)O.N=Cc1c(N)ccc(Cl)c1CC(=O)O.N=Cc1c(N)ccc(Cl)c1CC(=O)O. The molecule has 0 radical (unpaired) electrons. The summed E-state index contributed by atoms with van der Waals surface area (Å²) in [6.07, 6.45) is 4.61. The van der Waals surface area contributed by atoms with Gasteiger partial charge < -0.3 is 53.8 Å². The fourth-order valence-corrected chi connectivity index (χ4v) is 5.98. The highest BCUT2D eigenvalue weighted by Crippen LogP contribution is 2.27. The molecule has 0 heterocycles. The second-order valence-corrected chi connectivity index (χ2v) is 13.5. The van der Waals surface area contributed by atoms with E-state index in [0.717, 1.165) is 12.4 Å². The lowest BCUT2D eigenvalue weighted by Crippen LogP contribution is -2.11. The monoisotopic (exact) mass is 968 g/mol. The predicted molar refractivity (Wildman–Crippen MR) is 268 cm³/mol. The Morgan fingerprint density at radius 3 is 1.02 bits per heavy atom. The number of hydrogen-bond acceptors (Lipinski definition) is 13. The number of anilines is 4.